The minimum Gasteiger partial charge on any atom is -0.486 e. The quantitative estimate of drug-likeness (QED) is 0.922. The van der Waals surface area contributed by atoms with Crippen LogP contribution in [-0.4, -0.2) is 19.1 Å². The molecule has 4 nitrogen and oxygen atoms in total. The average Bonchev–Trinajstić information content (AvgIpc) is 2.49. The minimum absolute atomic E-state index is 0.168. The number of nitrogens with one attached hydrogen (secondary N) is 1. The summed E-state index contributed by atoms with van der Waals surface area (Å²) in [7, 11) is 0. The van der Waals surface area contributed by atoms with E-state index in [-0.39, 0.29) is 12.3 Å². The third-order valence-corrected chi connectivity index (χ3v) is 3.78. The number of halogens is 2. The summed E-state index contributed by atoms with van der Waals surface area (Å²) < 4.78 is 11.0. The molecule has 1 N–H and O–H groups in total. The van der Waals surface area contributed by atoms with Gasteiger partial charge in [0, 0.05) is 0 Å². The Kier molecular flexibility index (Phi) is 4.41. The Balaban J connectivity index is 1.74. The standard InChI is InChI=1S/C16H13Cl2NO3/c17-11-3-1-2-4-13(11)19-15(20)9-10-7-12(18)16-14(8-10)21-5-6-22-16/h1-4,7-8H,5-6,9H2,(H,19,20). The Bertz CT molecular complexity index is 719. The van der Waals surface area contributed by atoms with E-state index < -0.39 is 0 Å². The van der Waals surface area contributed by atoms with Crippen molar-refractivity contribution in [1.82, 2.24) is 0 Å². The summed E-state index contributed by atoms with van der Waals surface area (Å²) in [5, 5.41) is 3.71. The summed E-state index contributed by atoms with van der Waals surface area (Å²) in [5.74, 6) is 0.920. The molecule has 2 aromatic rings. The summed E-state index contributed by atoms with van der Waals surface area (Å²) >= 11 is 12.2. The van der Waals surface area contributed by atoms with Gasteiger partial charge in [0.1, 0.15) is 13.2 Å². The predicted molar refractivity (Wildman–Crippen MR) is 86.2 cm³/mol. The number of benzene rings is 2. The molecule has 0 spiro atoms. The largest absolute Gasteiger partial charge is 0.486 e. The molecule has 0 aliphatic carbocycles. The Hall–Kier alpha value is -1.91. The molecule has 0 atom stereocenters. The first-order valence-electron chi connectivity index (χ1n) is 6.76. The molecular weight excluding hydrogens is 325 g/mol. The van der Waals surface area contributed by atoms with E-state index in [0.717, 1.165) is 5.56 Å². The van der Waals surface area contributed by atoms with E-state index in [1.54, 1.807) is 30.3 Å². The minimum atomic E-state index is -0.180. The Morgan fingerprint density at radius 2 is 1.86 bits per heavy atom. The van der Waals surface area contributed by atoms with E-state index in [2.05, 4.69) is 5.32 Å². The molecule has 0 aromatic heterocycles. The summed E-state index contributed by atoms with van der Waals surface area (Å²) in [6, 6.07) is 10.6. The number of carbonyl (C=O) groups excluding carboxylic acids is 1. The fourth-order valence-corrected chi connectivity index (χ4v) is 2.68. The summed E-state index contributed by atoms with van der Waals surface area (Å²) in [5.41, 5.74) is 1.33. The van der Waals surface area contributed by atoms with Crippen LogP contribution in [0.1, 0.15) is 5.56 Å². The molecule has 0 saturated heterocycles. The van der Waals surface area contributed by atoms with E-state index in [9.17, 15) is 4.79 Å². The van der Waals surface area contributed by atoms with Crippen LogP contribution in [0.2, 0.25) is 10.0 Å². The van der Waals surface area contributed by atoms with Crippen LogP contribution in [0, 0.1) is 0 Å². The molecule has 0 radical (unpaired) electrons. The van der Waals surface area contributed by atoms with Crippen molar-refractivity contribution in [2.75, 3.05) is 18.5 Å². The van der Waals surface area contributed by atoms with Gasteiger partial charge < -0.3 is 14.8 Å². The van der Waals surface area contributed by atoms with Gasteiger partial charge in [-0.3, -0.25) is 4.79 Å². The lowest BCUT2D eigenvalue weighted by Crippen LogP contribution is -2.17. The first-order chi connectivity index (χ1) is 10.6. The van der Waals surface area contributed by atoms with Gasteiger partial charge >= 0.3 is 0 Å². The van der Waals surface area contributed by atoms with Gasteiger partial charge in [0.25, 0.3) is 0 Å². The Morgan fingerprint density at radius 3 is 2.68 bits per heavy atom. The molecule has 22 heavy (non-hydrogen) atoms. The number of hydrogen-bond donors (Lipinski definition) is 1. The highest BCUT2D eigenvalue weighted by atomic mass is 35.5. The van der Waals surface area contributed by atoms with Gasteiger partial charge in [0.2, 0.25) is 5.91 Å². The Morgan fingerprint density at radius 1 is 1.09 bits per heavy atom. The zero-order valence-corrected chi connectivity index (χ0v) is 13.1. The van der Waals surface area contributed by atoms with Crippen LogP contribution in [0.5, 0.6) is 11.5 Å². The average molecular weight is 338 g/mol. The number of fused-ring (bicyclic) bond motifs is 1. The van der Waals surface area contributed by atoms with Gasteiger partial charge in [0.05, 0.1) is 22.2 Å². The predicted octanol–water partition coefficient (Wildman–Crippen LogP) is 3.95. The zero-order chi connectivity index (χ0) is 15.5. The first kappa shape index (κ1) is 15.0. The lowest BCUT2D eigenvalue weighted by Gasteiger charge is -2.20. The van der Waals surface area contributed by atoms with Crippen molar-refractivity contribution < 1.29 is 14.3 Å². The molecule has 2 aromatic carbocycles. The number of anilines is 1. The maximum Gasteiger partial charge on any atom is 0.228 e. The molecule has 0 fully saturated rings. The monoisotopic (exact) mass is 337 g/mol. The van der Waals surface area contributed by atoms with Crippen molar-refractivity contribution in [3.05, 3.63) is 52.0 Å². The molecule has 1 aliphatic rings. The highest BCUT2D eigenvalue weighted by molar-refractivity contribution is 6.33. The van der Waals surface area contributed by atoms with Gasteiger partial charge in [-0.05, 0) is 29.8 Å². The number of ether oxygens (including phenoxy) is 2. The lowest BCUT2D eigenvalue weighted by molar-refractivity contribution is -0.115. The number of para-hydroxylation sites is 1. The second-order valence-electron chi connectivity index (χ2n) is 4.81. The molecule has 6 heteroatoms. The van der Waals surface area contributed by atoms with Crippen LogP contribution in [0.15, 0.2) is 36.4 Å². The molecule has 1 heterocycles. The SMILES string of the molecule is O=C(Cc1cc(Cl)c2c(c1)OCCO2)Nc1ccccc1Cl. The van der Waals surface area contributed by atoms with E-state index in [0.29, 0.717) is 40.4 Å². The third-order valence-electron chi connectivity index (χ3n) is 3.17. The summed E-state index contributed by atoms with van der Waals surface area (Å²) in [4.78, 5) is 12.1. The fraction of sp³-hybridized carbons (Fsp3) is 0.188. The van der Waals surface area contributed by atoms with Crippen LogP contribution >= 0.6 is 23.2 Å². The molecule has 0 unspecified atom stereocenters. The molecule has 114 valence electrons. The normalized spacial score (nSPS) is 12.8. The molecular formula is C16H13Cl2NO3. The summed E-state index contributed by atoms with van der Waals surface area (Å²) in [6.45, 7) is 0.942. The zero-order valence-electron chi connectivity index (χ0n) is 11.6. The number of amides is 1. The van der Waals surface area contributed by atoms with Gasteiger partial charge in [0.15, 0.2) is 11.5 Å². The van der Waals surface area contributed by atoms with Gasteiger partial charge in [-0.1, -0.05) is 35.3 Å². The molecule has 1 aliphatic heterocycles. The fourth-order valence-electron chi connectivity index (χ4n) is 2.21. The molecule has 0 bridgehead atoms. The van der Waals surface area contributed by atoms with E-state index in [1.165, 1.54) is 0 Å². The number of hydrogen-bond acceptors (Lipinski definition) is 3. The smallest absolute Gasteiger partial charge is 0.228 e. The van der Waals surface area contributed by atoms with Crippen LogP contribution in [0.4, 0.5) is 5.69 Å². The number of carbonyl (C=O) groups is 1. The highest BCUT2D eigenvalue weighted by Gasteiger charge is 2.17. The summed E-state index contributed by atoms with van der Waals surface area (Å²) in [6.07, 6.45) is 0.168. The van der Waals surface area contributed by atoms with Crippen molar-refractivity contribution in [3.63, 3.8) is 0 Å². The van der Waals surface area contributed by atoms with E-state index in [1.807, 2.05) is 6.07 Å². The maximum atomic E-state index is 12.1. The van der Waals surface area contributed by atoms with Crippen LogP contribution in [0.25, 0.3) is 0 Å². The third kappa shape index (κ3) is 3.29. The molecule has 0 saturated carbocycles. The van der Waals surface area contributed by atoms with Crippen LogP contribution in [-0.2, 0) is 11.2 Å². The van der Waals surface area contributed by atoms with Crippen molar-refractivity contribution >= 4 is 34.8 Å². The lowest BCUT2D eigenvalue weighted by atomic mass is 10.1. The highest BCUT2D eigenvalue weighted by Crippen LogP contribution is 2.38. The van der Waals surface area contributed by atoms with E-state index >= 15 is 0 Å². The van der Waals surface area contributed by atoms with Crippen LogP contribution < -0.4 is 14.8 Å². The number of rotatable bonds is 3. The second kappa shape index (κ2) is 6.46. The topological polar surface area (TPSA) is 47.6 Å². The Labute approximate surface area is 137 Å². The van der Waals surface area contributed by atoms with Gasteiger partial charge in [-0.2, -0.15) is 0 Å². The van der Waals surface area contributed by atoms with Gasteiger partial charge in [-0.25, -0.2) is 0 Å². The second-order valence-corrected chi connectivity index (χ2v) is 5.62. The maximum absolute atomic E-state index is 12.1. The molecule has 1 amide bonds. The van der Waals surface area contributed by atoms with Crippen molar-refractivity contribution in [3.8, 4) is 11.5 Å². The van der Waals surface area contributed by atoms with Crippen molar-refractivity contribution in [1.29, 1.82) is 0 Å². The van der Waals surface area contributed by atoms with Crippen LogP contribution in [0.3, 0.4) is 0 Å². The van der Waals surface area contributed by atoms with Gasteiger partial charge in [-0.15, -0.1) is 0 Å². The van der Waals surface area contributed by atoms with Crippen molar-refractivity contribution in [2.24, 2.45) is 0 Å². The molecule has 3 rings (SSSR count). The first-order valence-corrected chi connectivity index (χ1v) is 7.51. The van der Waals surface area contributed by atoms with Crippen molar-refractivity contribution in [2.45, 2.75) is 6.42 Å². The van der Waals surface area contributed by atoms with E-state index in [4.69, 9.17) is 32.7 Å².